The lowest BCUT2D eigenvalue weighted by Crippen LogP contribution is -2.05. The molecule has 0 aliphatic heterocycles. The Hall–Kier alpha value is -2.94. The van der Waals surface area contributed by atoms with Crippen LogP contribution in [-0.4, -0.2) is 6.61 Å². The number of nitrogens with one attached hydrogen (secondary N) is 1. The summed E-state index contributed by atoms with van der Waals surface area (Å²) in [6, 6.07) is 26.0. The average Bonchev–Trinajstić information content (AvgIpc) is 2.67. The summed E-state index contributed by atoms with van der Waals surface area (Å²) in [5, 5.41) is 3.43. The maximum absolute atomic E-state index is 5.81. The Bertz CT molecular complexity index is 798. The zero-order valence-electron chi connectivity index (χ0n) is 15.3. The minimum absolute atomic E-state index is 0.522. The number of para-hydroxylation sites is 1. The molecular weight excluding hydrogens is 322 g/mol. The third-order valence-electron chi connectivity index (χ3n) is 3.81. The Kier molecular flexibility index (Phi) is 6.15. The van der Waals surface area contributed by atoms with Crippen molar-refractivity contribution in [3.8, 4) is 17.2 Å². The lowest BCUT2D eigenvalue weighted by atomic mass is 10.2. The Morgan fingerprint density at radius 2 is 1.46 bits per heavy atom. The molecule has 0 saturated heterocycles. The lowest BCUT2D eigenvalue weighted by Gasteiger charge is -2.11. The van der Waals surface area contributed by atoms with Crippen LogP contribution in [0, 0.1) is 5.92 Å². The van der Waals surface area contributed by atoms with Crippen molar-refractivity contribution in [2.75, 3.05) is 11.9 Å². The fraction of sp³-hybridized carbons (Fsp3) is 0.217. The minimum atomic E-state index is 0.522. The van der Waals surface area contributed by atoms with E-state index in [1.54, 1.807) is 0 Å². The molecule has 0 radical (unpaired) electrons. The second-order valence-electron chi connectivity index (χ2n) is 6.65. The van der Waals surface area contributed by atoms with Gasteiger partial charge in [-0.15, -0.1) is 0 Å². The molecule has 3 aromatic rings. The van der Waals surface area contributed by atoms with Gasteiger partial charge in [-0.05, 0) is 60.0 Å². The molecule has 0 aromatic heterocycles. The zero-order chi connectivity index (χ0) is 18.2. The summed E-state index contributed by atoms with van der Waals surface area (Å²) in [7, 11) is 0. The van der Waals surface area contributed by atoms with Crippen molar-refractivity contribution >= 4 is 5.69 Å². The molecule has 0 spiro atoms. The van der Waals surface area contributed by atoms with Crippen LogP contribution in [0.15, 0.2) is 78.9 Å². The first kappa shape index (κ1) is 17.9. The van der Waals surface area contributed by atoms with Crippen LogP contribution < -0.4 is 14.8 Å². The predicted molar refractivity (Wildman–Crippen MR) is 107 cm³/mol. The number of rotatable bonds is 8. The van der Waals surface area contributed by atoms with Gasteiger partial charge in [-0.3, -0.25) is 0 Å². The van der Waals surface area contributed by atoms with Crippen LogP contribution in [-0.2, 0) is 6.54 Å². The van der Waals surface area contributed by atoms with Crippen molar-refractivity contribution < 1.29 is 9.47 Å². The summed E-state index contributed by atoms with van der Waals surface area (Å²) in [4.78, 5) is 0. The zero-order valence-corrected chi connectivity index (χ0v) is 15.3. The molecule has 26 heavy (non-hydrogen) atoms. The number of benzene rings is 3. The van der Waals surface area contributed by atoms with Gasteiger partial charge in [0.25, 0.3) is 0 Å². The van der Waals surface area contributed by atoms with Crippen LogP contribution in [0.5, 0.6) is 17.2 Å². The van der Waals surface area contributed by atoms with E-state index in [2.05, 4.69) is 31.3 Å². The Morgan fingerprint density at radius 1 is 0.769 bits per heavy atom. The van der Waals surface area contributed by atoms with E-state index in [9.17, 15) is 0 Å². The van der Waals surface area contributed by atoms with Crippen LogP contribution in [0.25, 0.3) is 0 Å². The van der Waals surface area contributed by atoms with E-state index in [1.807, 2.05) is 66.7 Å². The number of hydrogen-bond donors (Lipinski definition) is 1. The summed E-state index contributed by atoms with van der Waals surface area (Å²) >= 11 is 0. The Labute approximate surface area is 155 Å². The highest BCUT2D eigenvalue weighted by Gasteiger charge is 2.01. The van der Waals surface area contributed by atoms with Gasteiger partial charge in [-0.25, -0.2) is 0 Å². The third-order valence-corrected chi connectivity index (χ3v) is 3.81. The molecule has 0 saturated carbocycles. The quantitative estimate of drug-likeness (QED) is 0.532. The highest BCUT2D eigenvalue weighted by atomic mass is 16.5. The molecule has 0 fully saturated rings. The molecule has 0 amide bonds. The standard InChI is InChI=1S/C23H25NO2/c1-18(2)17-25-23-10-6-7-19(15-23)16-24-20-11-13-22(14-12-20)26-21-8-4-3-5-9-21/h3-15,18,24H,16-17H2,1-2H3. The molecule has 0 heterocycles. The maximum atomic E-state index is 5.81. The molecule has 0 aliphatic carbocycles. The monoisotopic (exact) mass is 347 g/mol. The predicted octanol–water partition coefficient (Wildman–Crippen LogP) is 6.13. The van der Waals surface area contributed by atoms with E-state index >= 15 is 0 Å². The van der Waals surface area contributed by atoms with Crippen molar-refractivity contribution in [1.82, 2.24) is 0 Å². The van der Waals surface area contributed by atoms with Gasteiger partial charge in [-0.1, -0.05) is 44.2 Å². The van der Waals surface area contributed by atoms with Crippen molar-refractivity contribution in [3.05, 3.63) is 84.4 Å². The Balaban J connectivity index is 1.54. The molecule has 0 bridgehead atoms. The smallest absolute Gasteiger partial charge is 0.127 e. The first-order valence-electron chi connectivity index (χ1n) is 8.97. The summed E-state index contributed by atoms with van der Waals surface area (Å²) < 4.78 is 11.6. The van der Waals surface area contributed by atoms with Crippen molar-refractivity contribution in [1.29, 1.82) is 0 Å². The molecule has 3 nitrogen and oxygen atoms in total. The molecule has 3 rings (SSSR count). The lowest BCUT2D eigenvalue weighted by molar-refractivity contribution is 0.271. The normalized spacial score (nSPS) is 10.6. The summed E-state index contributed by atoms with van der Waals surface area (Å²) in [5.74, 6) is 3.11. The van der Waals surface area contributed by atoms with E-state index in [4.69, 9.17) is 9.47 Å². The molecule has 1 N–H and O–H groups in total. The van der Waals surface area contributed by atoms with Gasteiger partial charge in [0.2, 0.25) is 0 Å². The molecule has 134 valence electrons. The highest BCUT2D eigenvalue weighted by molar-refractivity contribution is 5.48. The van der Waals surface area contributed by atoms with Gasteiger partial charge in [-0.2, -0.15) is 0 Å². The average molecular weight is 347 g/mol. The van der Waals surface area contributed by atoms with Crippen LogP contribution in [0.1, 0.15) is 19.4 Å². The summed E-state index contributed by atoms with van der Waals surface area (Å²) in [6.07, 6.45) is 0. The second kappa shape index (κ2) is 8.95. The SMILES string of the molecule is CC(C)COc1cccc(CNc2ccc(Oc3ccccc3)cc2)c1. The highest BCUT2D eigenvalue weighted by Crippen LogP contribution is 2.23. The van der Waals surface area contributed by atoms with Gasteiger partial charge < -0.3 is 14.8 Å². The Morgan fingerprint density at radius 3 is 2.19 bits per heavy atom. The van der Waals surface area contributed by atoms with Gasteiger partial charge >= 0.3 is 0 Å². The van der Waals surface area contributed by atoms with E-state index in [0.29, 0.717) is 5.92 Å². The largest absolute Gasteiger partial charge is 0.493 e. The van der Waals surface area contributed by atoms with E-state index < -0.39 is 0 Å². The number of hydrogen-bond acceptors (Lipinski definition) is 3. The van der Waals surface area contributed by atoms with Crippen LogP contribution in [0.3, 0.4) is 0 Å². The van der Waals surface area contributed by atoms with Crippen molar-refractivity contribution in [2.45, 2.75) is 20.4 Å². The van der Waals surface area contributed by atoms with Gasteiger partial charge in [0.05, 0.1) is 6.61 Å². The van der Waals surface area contributed by atoms with E-state index in [0.717, 1.165) is 36.1 Å². The summed E-state index contributed by atoms with van der Waals surface area (Å²) in [5.41, 5.74) is 2.25. The first-order chi connectivity index (χ1) is 12.7. The van der Waals surface area contributed by atoms with E-state index in [1.165, 1.54) is 5.56 Å². The number of anilines is 1. The van der Waals surface area contributed by atoms with Crippen molar-refractivity contribution in [3.63, 3.8) is 0 Å². The number of ether oxygens (including phenoxy) is 2. The topological polar surface area (TPSA) is 30.5 Å². The molecule has 0 unspecified atom stereocenters. The van der Waals surface area contributed by atoms with Gasteiger partial charge in [0.15, 0.2) is 0 Å². The molecule has 3 heteroatoms. The van der Waals surface area contributed by atoms with Gasteiger partial charge in [0.1, 0.15) is 17.2 Å². The molecule has 0 aliphatic rings. The van der Waals surface area contributed by atoms with Crippen LogP contribution in [0.4, 0.5) is 5.69 Å². The molecule has 0 atom stereocenters. The van der Waals surface area contributed by atoms with Crippen LogP contribution >= 0.6 is 0 Å². The fourth-order valence-electron chi connectivity index (χ4n) is 2.48. The van der Waals surface area contributed by atoms with Crippen LogP contribution in [0.2, 0.25) is 0 Å². The summed E-state index contributed by atoms with van der Waals surface area (Å²) in [6.45, 7) is 5.78. The second-order valence-corrected chi connectivity index (χ2v) is 6.65. The van der Waals surface area contributed by atoms with E-state index in [-0.39, 0.29) is 0 Å². The first-order valence-corrected chi connectivity index (χ1v) is 8.97. The third kappa shape index (κ3) is 5.55. The fourth-order valence-corrected chi connectivity index (χ4v) is 2.48. The molecule has 3 aromatic carbocycles. The van der Waals surface area contributed by atoms with Gasteiger partial charge in [0, 0.05) is 12.2 Å². The van der Waals surface area contributed by atoms with Crippen molar-refractivity contribution in [2.24, 2.45) is 5.92 Å². The molecular formula is C23H25NO2. The maximum Gasteiger partial charge on any atom is 0.127 e. The minimum Gasteiger partial charge on any atom is -0.493 e.